The molecule has 7 heteroatoms. The SMILES string of the molecule is CCOC(=O)c1cc(O[C@@H](C)C(=O)Nc2ccc(C)cc2C)cc(C(=O)OCC)c1. The molecule has 0 fully saturated rings. The third-order valence-corrected chi connectivity index (χ3v) is 4.25. The first kappa shape index (κ1) is 22.9. The van der Waals surface area contributed by atoms with Gasteiger partial charge in [0.25, 0.3) is 5.91 Å². The second-order valence-electron chi connectivity index (χ2n) is 6.75. The van der Waals surface area contributed by atoms with Crippen LogP contribution in [0.3, 0.4) is 0 Å². The van der Waals surface area contributed by atoms with Crippen molar-refractivity contribution in [2.45, 2.75) is 40.7 Å². The number of nitrogens with one attached hydrogen (secondary N) is 1. The Morgan fingerprint density at radius 1 is 0.900 bits per heavy atom. The molecule has 0 unspecified atom stereocenters. The van der Waals surface area contributed by atoms with Crippen LogP contribution < -0.4 is 10.1 Å². The van der Waals surface area contributed by atoms with Crippen LogP contribution in [-0.2, 0) is 14.3 Å². The average molecular weight is 413 g/mol. The lowest BCUT2D eigenvalue weighted by Gasteiger charge is -2.17. The highest BCUT2D eigenvalue weighted by Crippen LogP contribution is 2.22. The van der Waals surface area contributed by atoms with Gasteiger partial charge >= 0.3 is 11.9 Å². The average Bonchev–Trinajstić information content (AvgIpc) is 2.70. The van der Waals surface area contributed by atoms with E-state index in [0.717, 1.165) is 11.1 Å². The van der Waals surface area contributed by atoms with Gasteiger partial charge in [-0.1, -0.05) is 17.7 Å². The number of ether oxygens (including phenoxy) is 3. The van der Waals surface area contributed by atoms with Crippen LogP contribution in [0.5, 0.6) is 5.75 Å². The van der Waals surface area contributed by atoms with Crippen LogP contribution in [0, 0.1) is 13.8 Å². The minimum absolute atomic E-state index is 0.138. The summed E-state index contributed by atoms with van der Waals surface area (Å²) < 4.78 is 15.7. The fourth-order valence-corrected chi connectivity index (χ4v) is 2.78. The molecular formula is C23H27NO6. The van der Waals surface area contributed by atoms with E-state index >= 15 is 0 Å². The van der Waals surface area contributed by atoms with E-state index in [1.165, 1.54) is 18.2 Å². The zero-order valence-corrected chi connectivity index (χ0v) is 17.9. The lowest BCUT2D eigenvalue weighted by atomic mass is 10.1. The van der Waals surface area contributed by atoms with Crippen molar-refractivity contribution in [3.63, 3.8) is 0 Å². The van der Waals surface area contributed by atoms with Crippen molar-refractivity contribution in [1.82, 2.24) is 0 Å². The van der Waals surface area contributed by atoms with Gasteiger partial charge in [-0.2, -0.15) is 0 Å². The Hall–Kier alpha value is -3.35. The van der Waals surface area contributed by atoms with Crippen LogP contribution in [0.1, 0.15) is 52.6 Å². The summed E-state index contributed by atoms with van der Waals surface area (Å²) in [5.41, 5.74) is 2.99. The molecule has 2 aromatic rings. The number of hydrogen-bond acceptors (Lipinski definition) is 6. The number of esters is 2. The molecule has 1 amide bonds. The molecule has 0 aliphatic rings. The monoisotopic (exact) mass is 413 g/mol. The van der Waals surface area contributed by atoms with Crippen molar-refractivity contribution in [2.75, 3.05) is 18.5 Å². The van der Waals surface area contributed by atoms with Gasteiger partial charge in [-0.05, 0) is 64.4 Å². The van der Waals surface area contributed by atoms with E-state index in [1.54, 1.807) is 20.8 Å². The summed E-state index contributed by atoms with van der Waals surface area (Å²) in [6.07, 6.45) is -0.877. The van der Waals surface area contributed by atoms with Gasteiger partial charge in [-0.3, -0.25) is 4.79 Å². The highest BCUT2D eigenvalue weighted by molar-refractivity contribution is 5.97. The molecule has 0 bridgehead atoms. The lowest BCUT2D eigenvalue weighted by molar-refractivity contribution is -0.122. The van der Waals surface area contributed by atoms with Crippen LogP contribution in [0.4, 0.5) is 5.69 Å². The van der Waals surface area contributed by atoms with Crippen LogP contribution >= 0.6 is 0 Å². The smallest absolute Gasteiger partial charge is 0.338 e. The van der Waals surface area contributed by atoms with Crippen LogP contribution in [-0.4, -0.2) is 37.2 Å². The van der Waals surface area contributed by atoms with Crippen LogP contribution in [0.15, 0.2) is 36.4 Å². The Morgan fingerprint density at radius 2 is 1.47 bits per heavy atom. The molecule has 1 atom stereocenters. The Kier molecular flexibility index (Phi) is 7.98. The zero-order chi connectivity index (χ0) is 22.3. The molecule has 0 heterocycles. The second-order valence-corrected chi connectivity index (χ2v) is 6.75. The molecule has 0 aromatic heterocycles. The number of carbonyl (C=O) groups excluding carboxylic acids is 3. The molecule has 0 saturated carbocycles. The van der Waals surface area contributed by atoms with Crippen molar-refractivity contribution < 1.29 is 28.6 Å². The summed E-state index contributed by atoms with van der Waals surface area (Å²) in [6, 6.07) is 9.94. The van der Waals surface area contributed by atoms with Gasteiger partial charge in [-0.15, -0.1) is 0 Å². The first-order valence-electron chi connectivity index (χ1n) is 9.79. The van der Waals surface area contributed by atoms with Gasteiger partial charge in [-0.25, -0.2) is 9.59 Å². The lowest BCUT2D eigenvalue weighted by Crippen LogP contribution is -2.30. The number of amides is 1. The van der Waals surface area contributed by atoms with Crippen molar-refractivity contribution in [2.24, 2.45) is 0 Å². The molecule has 7 nitrogen and oxygen atoms in total. The first-order chi connectivity index (χ1) is 14.2. The minimum atomic E-state index is -0.877. The fraction of sp³-hybridized carbons (Fsp3) is 0.348. The summed E-state index contributed by atoms with van der Waals surface area (Å²) >= 11 is 0. The summed E-state index contributed by atoms with van der Waals surface area (Å²) in [6.45, 7) is 9.21. The van der Waals surface area contributed by atoms with E-state index in [1.807, 2.05) is 32.0 Å². The Bertz CT molecular complexity index is 901. The Balaban J connectivity index is 2.22. The van der Waals surface area contributed by atoms with Crippen molar-refractivity contribution >= 4 is 23.5 Å². The van der Waals surface area contributed by atoms with Gasteiger partial charge in [0.2, 0.25) is 0 Å². The third kappa shape index (κ3) is 6.07. The molecule has 2 aromatic carbocycles. The molecule has 0 aliphatic heterocycles. The molecule has 0 radical (unpaired) electrons. The number of rotatable bonds is 8. The number of carbonyl (C=O) groups is 3. The predicted molar refractivity (Wildman–Crippen MR) is 113 cm³/mol. The number of hydrogen-bond donors (Lipinski definition) is 1. The van der Waals surface area contributed by atoms with E-state index in [9.17, 15) is 14.4 Å². The van der Waals surface area contributed by atoms with Crippen LogP contribution in [0.2, 0.25) is 0 Å². The maximum Gasteiger partial charge on any atom is 0.338 e. The van der Waals surface area contributed by atoms with Gasteiger partial charge in [0.05, 0.1) is 24.3 Å². The molecule has 0 aliphatic carbocycles. The maximum absolute atomic E-state index is 12.6. The molecule has 30 heavy (non-hydrogen) atoms. The van der Waals surface area contributed by atoms with Crippen LogP contribution in [0.25, 0.3) is 0 Å². The van der Waals surface area contributed by atoms with E-state index in [0.29, 0.717) is 5.69 Å². The molecule has 0 spiro atoms. The fourth-order valence-electron chi connectivity index (χ4n) is 2.78. The molecule has 160 valence electrons. The summed E-state index contributed by atoms with van der Waals surface area (Å²) in [5.74, 6) is -1.37. The molecule has 2 rings (SSSR count). The van der Waals surface area contributed by atoms with Crippen molar-refractivity contribution in [3.05, 3.63) is 58.7 Å². The van der Waals surface area contributed by atoms with E-state index < -0.39 is 18.0 Å². The Labute approximate surface area is 176 Å². The number of anilines is 1. The molecule has 0 saturated heterocycles. The first-order valence-corrected chi connectivity index (χ1v) is 9.79. The molecular weight excluding hydrogens is 386 g/mol. The van der Waals surface area contributed by atoms with E-state index in [-0.39, 0.29) is 36.0 Å². The summed E-state index contributed by atoms with van der Waals surface area (Å²) in [4.78, 5) is 36.9. The second kappa shape index (κ2) is 10.4. The Morgan fingerprint density at radius 3 is 1.97 bits per heavy atom. The largest absolute Gasteiger partial charge is 0.481 e. The van der Waals surface area contributed by atoms with Crippen molar-refractivity contribution in [3.8, 4) is 5.75 Å². The van der Waals surface area contributed by atoms with Gasteiger partial charge < -0.3 is 19.5 Å². The van der Waals surface area contributed by atoms with Gasteiger partial charge in [0.1, 0.15) is 5.75 Å². The number of benzene rings is 2. The van der Waals surface area contributed by atoms with Crippen molar-refractivity contribution in [1.29, 1.82) is 0 Å². The topological polar surface area (TPSA) is 90.9 Å². The zero-order valence-electron chi connectivity index (χ0n) is 17.9. The quantitative estimate of drug-likeness (QED) is 0.656. The third-order valence-electron chi connectivity index (χ3n) is 4.25. The van der Waals surface area contributed by atoms with E-state index in [4.69, 9.17) is 14.2 Å². The number of aryl methyl sites for hydroxylation is 2. The standard InChI is InChI=1S/C23H27NO6/c1-6-28-22(26)17-11-18(23(27)29-7-2)13-19(12-17)30-16(5)21(25)24-20-9-8-14(3)10-15(20)4/h8-13,16H,6-7H2,1-5H3,(H,24,25)/t16-/m0/s1. The van der Waals surface area contributed by atoms with Gasteiger partial charge in [0.15, 0.2) is 6.10 Å². The summed E-state index contributed by atoms with van der Waals surface area (Å²) in [7, 11) is 0. The molecule has 1 N–H and O–H groups in total. The summed E-state index contributed by atoms with van der Waals surface area (Å²) in [5, 5.41) is 2.83. The maximum atomic E-state index is 12.6. The van der Waals surface area contributed by atoms with E-state index in [2.05, 4.69) is 5.32 Å². The van der Waals surface area contributed by atoms with Gasteiger partial charge in [0, 0.05) is 5.69 Å². The normalized spacial score (nSPS) is 11.4. The predicted octanol–water partition coefficient (Wildman–Crippen LogP) is 4.06. The highest BCUT2D eigenvalue weighted by atomic mass is 16.5. The highest BCUT2D eigenvalue weighted by Gasteiger charge is 2.20. The minimum Gasteiger partial charge on any atom is -0.481 e.